The van der Waals surface area contributed by atoms with E-state index in [9.17, 15) is 4.79 Å². The molecule has 2 heterocycles. The third kappa shape index (κ3) is 4.36. The maximum atomic E-state index is 12.5. The van der Waals surface area contributed by atoms with Crippen LogP contribution >= 0.6 is 11.3 Å². The summed E-state index contributed by atoms with van der Waals surface area (Å²) < 4.78 is 11.5. The van der Waals surface area contributed by atoms with Crippen LogP contribution in [0.25, 0.3) is 0 Å². The lowest BCUT2D eigenvalue weighted by molar-refractivity contribution is -0.00229. The number of piperidine rings is 1. The van der Waals surface area contributed by atoms with E-state index in [1.807, 2.05) is 53.6 Å². The van der Waals surface area contributed by atoms with Crippen LogP contribution in [0.1, 0.15) is 28.1 Å². The molecule has 24 heavy (non-hydrogen) atoms. The number of hydrogen-bond donors (Lipinski definition) is 0. The number of rotatable bonds is 6. The van der Waals surface area contributed by atoms with E-state index in [4.69, 9.17) is 9.47 Å². The Hall–Kier alpha value is -1.85. The number of carbonyl (C=O) groups excluding carboxylic acids is 1. The van der Waals surface area contributed by atoms with Crippen LogP contribution in [0.3, 0.4) is 0 Å². The van der Waals surface area contributed by atoms with Gasteiger partial charge in [0.1, 0.15) is 12.4 Å². The van der Waals surface area contributed by atoms with Crippen LogP contribution in [0, 0.1) is 6.92 Å². The molecule has 0 radical (unpaired) electrons. The highest BCUT2D eigenvalue weighted by Gasteiger charge is 2.25. The SMILES string of the molecule is Cc1ccsc1C(=O)N1CCC(OCCOc2ccccc2)CC1. The number of para-hydroxylation sites is 1. The molecule has 1 saturated heterocycles. The smallest absolute Gasteiger partial charge is 0.264 e. The standard InChI is InChI=1S/C19H23NO3S/c1-15-9-14-24-18(15)19(21)20-10-7-17(8-11-20)23-13-12-22-16-5-3-2-4-6-16/h2-6,9,14,17H,7-8,10-13H2,1H3. The molecule has 1 aromatic heterocycles. The lowest BCUT2D eigenvalue weighted by Crippen LogP contribution is -2.41. The number of aryl methyl sites for hydroxylation is 1. The predicted octanol–water partition coefficient (Wildman–Crippen LogP) is 3.76. The summed E-state index contributed by atoms with van der Waals surface area (Å²) >= 11 is 1.53. The molecule has 0 unspecified atom stereocenters. The summed E-state index contributed by atoms with van der Waals surface area (Å²) in [5, 5.41) is 1.98. The molecule has 1 aliphatic heterocycles. The molecule has 1 fully saturated rings. The fourth-order valence-corrected chi connectivity index (χ4v) is 3.74. The highest BCUT2D eigenvalue weighted by atomic mass is 32.1. The average molecular weight is 345 g/mol. The number of hydrogen-bond acceptors (Lipinski definition) is 4. The fourth-order valence-electron chi connectivity index (χ4n) is 2.85. The second-order valence-electron chi connectivity index (χ2n) is 5.96. The van der Waals surface area contributed by atoms with Crippen LogP contribution in [0.15, 0.2) is 41.8 Å². The monoisotopic (exact) mass is 345 g/mol. The van der Waals surface area contributed by atoms with E-state index in [0.717, 1.165) is 42.1 Å². The van der Waals surface area contributed by atoms with Crippen molar-refractivity contribution in [1.29, 1.82) is 0 Å². The molecule has 5 heteroatoms. The summed E-state index contributed by atoms with van der Waals surface area (Å²) in [6.07, 6.45) is 2.00. The van der Waals surface area contributed by atoms with Gasteiger partial charge in [-0.2, -0.15) is 0 Å². The molecule has 1 aromatic carbocycles. The second-order valence-corrected chi connectivity index (χ2v) is 6.87. The largest absolute Gasteiger partial charge is 0.491 e. The van der Waals surface area contributed by atoms with Gasteiger partial charge in [-0.25, -0.2) is 0 Å². The van der Waals surface area contributed by atoms with Crippen molar-refractivity contribution in [2.24, 2.45) is 0 Å². The molecule has 1 amide bonds. The number of amides is 1. The third-order valence-corrected chi connectivity index (χ3v) is 5.24. The van der Waals surface area contributed by atoms with Gasteiger partial charge in [-0.3, -0.25) is 4.79 Å². The van der Waals surface area contributed by atoms with Crippen molar-refractivity contribution in [3.8, 4) is 5.75 Å². The quantitative estimate of drug-likeness (QED) is 0.748. The van der Waals surface area contributed by atoms with Gasteiger partial charge < -0.3 is 14.4 Å². The Balaban J connectivity index is 1.36. The predicted molar refractivity (Wildman–Crippen MR) is 95.9 cm³/mol. The van der Waals surface area contributed by atoms with Crippen LogP contribution in [-0.2, 0) is 4.74 Å². The van der Waals surface area contributed by atoms with Gasteiger partial charge in [0.15, 0.2) is 0 Å². The first-order valence-corrected chi connectivity index (χ1v) is 9.25. The molecule has 0 N–H and O–H groups in total. The lowest BCUT2D eigenvalue weighted by Gasteiger charge is -2.31. The second kappa shape index (κ2) is 8.31. The minimum absolute atomic E-state index is 0.161. The first kappa shape index (κ1) is 17.0. The normalized spacial score (nSPS) is 15.5. The zero-order valence-electron chi connectivity index (χ0n) is 13.9. The van der Waals surface area contributed by atoms with Gasteiger partial charge in [0.05, 0.1) is 17.6 Å². The third-order valence-electron chi connectivity index (χ3n) is 4.23. The molecule has 0 atom stereocenters. The number of benzene rings is 1. The number of ether oxygens (including phenoxy) is 2. The number of nitrogens with zero attached hydrogens (tertiary/aromatic N) is 1. The van der Waals surface area contributed by atoms with Gasteiger partial charge in [-0.05, 0) is 48.9 Å². The molecule has 2 aromatic rings. The maximum Gasteiger partial charge on any atom is 0.264 e. The summed E-state index contributed by atoms with van der Waals surface area (Å²) in [7, 11) is 0. The molecular weight excluding hydrogens is 322 g/mol. The zero-order valence-corrected chi connectivity index (χ0v) is 14.8. The van der Waals surface area contributed by atoms with Crippen molar-refractivity contribution >= 4 is 17.2 Å². The van der Waals surface area contributed by atoms with Crippen molar-refractivity contribution in [3.05, 3.63) is 52.2 Å². The number of likely N-dealkylation sites (tertiary alicyclic amines) is 1. The van der Waals surface area contributed by atoms with Crippen molar-refractivity contribution in [2.45, 2.75) is 25.9 Å². The van der Waals surface area contributed by atoms with Crippen LogP contribution in [0.4, 0.5) is 0 Å². The zero-order chi connectivity index (χ0) is 16.8. The molecule has 0 spiro atoms. The van der Waals surface area contributed by atoms with E-state index in [1.165, 1.54) is 11.3 Å². The Bertz CT molecular complexity index is 648. The van der Waals surface area contributed by atoms with Crippen molar-refractivity contribution in [3.63, 3.8) is 0 Å². The summed E-state index contributed by atoms with van der Waals surface area (Å²) in [5.74, 6) is 1.03. The summed E-state index contributed by atoms with van der Waals surface area (Å²) in [6, 6.07) is 11.8. The fraction of sp³-hybridized carbons (Fsp3) is 0.421. The summed E-state index contributed by atoms with van der Waals surface area (Å²) in [6.45, 7) is 4.65. The van der Waals surface area contributed by atoms with Gasteiger partial charge in [-0.15, -0.1) is 11.3 Å². The first-order valence-electron chi connectivity index (χ1n) is 8.37. The van der Waals surface area contributed by atoms with Gasteiger partial charge in [0, 0.05) is 13.1 Å². The van der Waals surface area contributed by atoms with Gasteiger partial charge in [0.25, 0.3) is 5.91 Å². The average Bonchev–Trinajstić information content (AvgIpc) is 3.05. The van der Waals surface area contributed by atoms with Crippen molar-refractivity contribution in [2.75, 3.05) is 26.3 Å². The molecule has 3 rings (SSSR count). The van der Waals surface area contributed by atoms with E-state index in [1.54, 1.807) is 0 Å². The molecule has 0 aliphatic carbocycles. The van der Waals surface area contributed by atoms with Crippen molar-refractivity contribution < 1.29 is 14.3 Å². The Morgan fingerprint density at radius 3 is 2.58 bits per heavy atom. The Labute approximate surface area is 147 Å². The Morgan fingerprint density at radius 2 is 1.92 bits per heavy atom. The van der Waals surface area contributed by atoms with Gasteiger partial charge in [0.2, 0.25) is 0 Å². The highest BCUT2D eigenvalue weighted by molar-refractivity contribution is 7.12. The van der Waals surface area contributed by atoms with E-state index < -0.39 is 0 Å². The minimum Gasteiger partial charge on any atom is -0.491 e. The van der Waals surface area contributed by atoms with Crippen LogP contribution in [-0.4, -0.2) is 43.2 Å². The van der Waals surface area contributed by atoms with Crippen LogP contribution in [0.5, 0.6) is 5.75 Å². The molecule has 4 nitrogen and oxygen atoms in total. The van der Waals surface area contributed by atoms with E-state index in [-0.39, 0.29) is 12.0 Å². The first-order chi connectivity index (χ1) is 11.7. The topological polar surface area (TPSA) is 38.8 Å². The minimum atomic E-state index is 0.161. The maximum absolute atomic E-state index is 12.5. The van der Waals surface area contributed by atoms with E-state index in [2.05, 4.69) is 0 Å². The molecule has 0 saturated carbocycles. The Morgan fingerprint density at radius 1 is 1.17 bits per heavy atom. The highest BCUT2D eigenvalue weighted by Crippen LogP contribution is 2.21. The van der Waals surface area contributed by atoms with Crippen LogP contribution < -0.4 is 4.74 Å². The summed E-state index contributed by atoms with van der Waals surface area (Å²) in [4.78, 5) is 15.3. The van der Waals surface area contributed by atoms with Gasteiger partial charge in [-0.1, -0.05) is 18.2 Å². The number of carbonyl (C=O) groups is 1. The molecule has 128 valence electrons. The lowest BCUT2D eigenvalue weighted by atomic mass is 10.1. The van der Waals surface area contributed by atoms with E-state index >= 15 is 0 Å². The van der Waals surface area contributed by atoms with Crippen molar-refractivity contribution in [1.82, 2.24) is 4.90 Å². The molecular formula is C19H23NO3S. The molecule has 0 bridgehead atoms. The Kier molecular flexibility index (Phi) is 5.88. The summed E-state index contributed by atoms with van der Waals surface area (Å²) in [5.41, 5.74) is 1.07. The molecule has 1 aliphatic rings. The van der Waals surface area contributed by atoms with E-state index in [0.29, 0.717) is 13.2 Å². The number of thiophene rings is 1. The van der Waals surface area contributed by atoms with Gasteiger partial charge >= 0.3 is 0 Å². The van der Waals surface area contributed by atoms with Crippen LogP contribution in [0.2, 0.25) is 0 Å².